The van der Waals surface area contributed by atoms with Crippen LogP contribution < -0.4 is 0 Å². The Labute approximate surface area is 240 Å². The van der Waals surface area contributed by atoms with Crippen molar-refractivity contribution in [1.29, 1.82) is 0 Å². The highest BCUT2D eigenvalue weighted by Gasteiger charge is 2.33. The molecule has 4 aromatic carbocycles. The molecule has 7 aromatic rings. The van der Waals surface area contributed by atoms with Gasteiger partial charge in [0.2, 0.25) is 5.71 Å². The van der Waals surface area contributed by atoms with Crippen molar-refractivity contribution in [1.82, 2.24) is 14.5 Å². The minimum Gasteiger partial charge on any atom is -0.437 e. The SMILES string of the molecule is CC(C)(C)c1cc(-c2ccccc2)ccc1-n1c(-c2cccc3c2oc2nc(C(F)(F)F)ccc23)nc2ccccc21. The van der Waals surface area contributed by atoms with Gasteiger partial charge in [0, 0.05) is 10.8 Å². The van der Waals surface area contributed by atoms with Crippen molar-refractivity contribution in [2.24, 2.45) is 0 Å². The van der Waals surface area contributed by atoms with Crippen LogP contribution in [0.1, 0.15) is 32.0 Å². The zero-order valence-electron chi connectivity index (χ0n) is 23.2. The summed E-state index contributed by atoms with van der Waals surface area (Å²) in [6, 6.07) is 32.6. The molecule has 3 aromatic heterocycles. The molecule has 0 amide bonds. The molecular formula is C35H26F3N3O. The van der Waals surface area contributed by atoms with Gasteiger partial charge in [-0.05, 0) is 64.6 Å². The zero-order chi connectivity index (χ0) is 29.2. The summed E-state index contributed by atoms with van der Waals surface area (Å²) in [5.74, 6) is 0.634. The number of imidazole rings is 1. The molecule has 0 spiro atoms. The number of alkyl halides is 3. The van der Waals surface area contributed by atoms with Gasteiger partial charge in [-0.15, -0.1) is 0 Å². The molecule has 7 rings (SSSR count). The molecule has 0 aliphatic carbocycles. The highest BCUT2D eigenvalue weighted by atomic mass is 19.4. The van der Waals surface area contributed by atoms with Crippen LogP contribution in [-0.2, 0) is 11.6 Å². The van der Waals surface area contributed by atoms with Gasteiger partial charge in [0.15, 0.2) is 0 Å². The molecule has 0 bridgehead atoms. The van der Waals surface area contributed by atoms with E-state index in [0.29, 0.717) is 27.7 Å². The first kappa shape index (κ1) is 26.0. The summed E-state index contributed by atoms with van der Waals surface area (Å²) in [4.78, 5) is 8.85. The van der Waals surface area contributed by atoms with E-state index in [1.165, 1.54) is 6.07 Å². The predicted molar refractivity (Wildman–Crippen MR) is 161 cm³/mol. The lowest BCUT2D eigenvalue weighted by Crippen LogP contribution is -2.16. The zero-order valence-corrected chi connectivity index (χ0v) is 23.2. The number of hydrogen-bond acceptors (Lipinski definition) is 3. The second-order valence-corrected chi connectivity index (χ2v) is 11.4. The van der Waals surface area contributed by atoms with Crippen LogP contribution in [0.2, 0.25) is 0 Å². The van der Waals surface area contributed by atoms with Gasteiger partial charge in [0.05, 0.1) is 22.3 Å². The van der Waals surface area contributed by atoms with E-state index in [4.69, 9.17) is 9.40 Å². The summed E-state index contributed by atoms with van der Waals surface area (Å²) in [5, 5.41) is 1.20. The van der Waals surface area contributed by atoms with E-state index in [9.17, 15) is 13.2 Å². The molecule has 4 nitrogen and oxygen atoms in total. The maximum absolute atomic E-state index is 13.4. The molecule has 0 N–H and O–H groups in total. The standard InChI is InChI=1S/C35H26F3N3O/c1-34(2,3)26-20-22(21-10-5-4-6-11-21)16-18-28(26)41-29-15-8-7-14-27(29)39-32(41)25-13-9-12-23-24-17-19-30(35(36,37)38)40-33(24)42-31(23)25/h4-20H,1-3H3. The Morgan fingerprint density at radius 1 is 0.690 bits per heavy atom. The van der Waals surface area contributed by atoms with Crippen molar-refractivity contribution in [2.45, 2.75) is 32.4 Å². The fourth-order valence-electron chi connectivity index (χ4n) is 5.61. The van der Waals surface area contributed by atoms with Crippen LogP contribution in [0, 0.1) is 0 Å². The predicted octanol–water partition coefficient (Wildman–Crippen LogP) is 9.97. The minimum atomic E-state index is -4.57. The summed E-state index contributed by atoms with van der Waals surface area (Å²) in [7, 11) is 0. The van der Waals surface area contributed by atoms with E-state index in [2.05, 4.69) is 60.7 Å². The smallest absolute Gasteiger partial charge is 0.433 e. The number of rotatable bonds is 3. The summed E-state index contributed by atoms with van der Waals surface area (Å²) in [5.41, 5.74) is 5.89. The fraction of sp³-hybridized carbons (Fsp3) is 0.143. The number of nitrogens with zero attached hydrogens (tertiary/aromatic N) is 3. The Hall–Kier alpha value is -4.91. The molecule has 42 heavy (non-hydrogen) atoms. The topological polar surface area (TPSA) is 43.9 Å². The number of hydrogen-bond donors (Lipinski definition) is 0. The number of aromatic nitrogens is 3. The molecule has 0 fully saturated rings. The van der Waals surface area contributed by atoms with E-state index in [0.717, 1.165) is 39.5 Å². The first-order valence-electron chi connectivity index (χ1n) is 13.7. The highest BCUT2D eigenvalue weighted by molar-refractivity contribution is 6.08. The monoisotopic (exact) mass is 561 g/mol. The van der Waals surface area contributed by atoms with E-state index < -0.39 is 11.9 Å². The van der Waals surface area contributed by atoms with Crippen molar-refractivity contribution in [2.75, 3.05) is 0 Å². The number of halogens is 3. The Morgan fingerprint density at radius 2 is 1.45 bits per heavy atom. The third-order valence-electron chi connectivity index (χ3n) is 7.61. The van der Waals surface area contributed by atoms with Gasteiger partial charge in [0.1, 0.15) is 17.1 Å². The van der Waals surface area contributed by atoms with Crippen molar-refractivity contribution in [3.05, 3.63) is 114 Å². The van der Waals surface area contributed by atoms with Gasteiger partial charge in [-0.25, -0.2) is 9.97 Å². The van der Waals surface area contributed by atoms with E-state index in [1.807, 2.05) is 60.7 Å². The lowest BCUT2D eigenvalue weighted by molar-refractivity contribution is -0.141. The number of benzene rings is 4. The van der Waals surface area contributed by atoms with Gasteiger partial charge in [-0.3, -0.25) is 4.57 Å². The van der Waals surface area contributed by atoms with Crippen LogP contribution >= 0.6 is 0 Å². The molecule has 0 aliphatic rings. The summed E-state index contributed by atoms with van der Waals surface area (Å²) >= 11 is 0. The second kappa shape index (κ2) is 9.31. The highest BCUT2D eigenvalue weighted by Crippen LogP contribution is 2.41. The van der Waals surface area contributed by atoms with Gasteiger partial charge in [0.25, 0.3) is 0 Å². The van der Waals surface area contributed by atoms with Gasteiger partial charge in [-0.1, -0.05) is 81.4 Å². The van der Waals surface area contributed by atoms with Gasteiger partial charge < -0.3 is 4.42 Å². The van der Waals surface area contributed by atoms with Crippen molar-refractivity contribution < 1.29 is 17.6 Å². The number of pyridine rings is 1. The fourth-order valence-corrected chi connectivity index (χ4v) is 5.61. The Balaban J connectivity index is 1.52. The molecule has 0 atom stereocenters. The minimum absolute atomic E-state index is 0.0578. The second-order valence-electron chi connectivity index (χ2n) is 11.4. The Kier molecular flexibility index (Phi) is 5.77. The molecule has 3 heterocycles. The van der Waals surface area contributed by atoms with Crippen LogP contribution in [0.5, 0.6) is 0 Å². The molecule has 0 unspecified atom stereocenters. The first-order chi connectivity index (χ1) is 20.1. The lowest BCUT2D eigenvalue weighted by Gasteiger charge is -2.25. The van der Waals surface area contributed by atoms with E-state index in [-0.39, 0.29) is 11.1 Å². The quantitative estimate of drug-likeness (QED) is 0.216. The maximum Gasteiger partial charge on any atom is 0.433 e. The molecule has 0 aliphatic heterocycles. The summed E-state index contributed by atoms with van der Waals surface area (Å²) in [6.07, 6.45) is -4.57. The van der Waals surface area contributed by atoms with Gasteiger partial charge in [-0.2, -0.15) is 13.2 Å². The van der Waals surface area contributed by atoms with E-state index >= 15 is 0 Å². The van der Waals surface area contributed by atoms with Crippen LogP contribution in [0.15, 0.2) is 108 Å². The van der Waals surface area contributed by atoms with Crippen molar-refractivity contribution in [3.63, 3.8) is 0 Å². The lowest BCUT2D eigenvalue weighted by atomic mass is 9.84. The average Bonchev–Trinajstić information content (AvgIpc) is 3.54. The number of para-hydroxylation sites is 3. The molecule has 208 valence electrons. The van der Waals surface area contributed by atoms with Crippen LogP contribution in [-0.4, -0.2) is 14.5 Å². The molecule has 7 heteroatoms. The summed E-state index contributed by atoms with van der Waals surface area (Å²) < 4.78 is 48.5. The maximum atomic E-state index is 13.4. The first-order valence-corrected chi connectivity index (χ1v) is 13.7. The summed E-state index contributed by atoms with van der Waals surface area (Å²) in [6.45, 7) is 6.55. The normalized spacial score (nSPS) is 12.5. The molecule has 0 saturated carbocycles. The third-order valence-corrected chi connectivity index (χ3v) is 7.61. The molecule has 0 radical (unpaired) electrons. The van der Waals surface area contributed by atoms with Crippen LogP contribution in [0.4, 0.5) is 13.2 Å². The van der Waals surface area contributed by atoms with Crippen molar-refractivity contribution in [3.8, 4) is 28.2 Å². The van der Waals surface area contributed by atoms with Gasteiger partial charge >= 0.3 is 6.18 Å². The third kappa shape index (κ3) is 4.24. The van der Waals surface area contributed by atoms with Crippen LogP contribution in [0.3, 0.4) is 0 Å². The average molecular weight is 562 g/mol. The van der Waals surface area contributed by atoms with Crippen LogP contribution in [0.25, 0.3) is 61.3 Å². The van der Waals surface area contributed by atoms with E-state index in [1.54, 1.807) is 0 Å². The largest absolute Gasteiger partial charge is 0.437 e. The Bertz CT molecular complexity index is 2120. The number of fused-ring (bicyclic) bond motifs is 4. The molecular weight excluding hydrogens is 535 g/mol. The Morgan fingerprint density at radius 3 is 2.21 bits per heavy atom. The number of furan rings is 1. The molecule has 0 saturated heterocycles. The van der Waals surface area contributed by atoms with Crippen molar-refractivity contribution >= 4 is 33.1 Å².